The van der Waals surface area contributed by atoms with E-state index in [1.54, 1.807) is 12.1 Å². The first-order valence-electron chi connectivity index (χ1n) is 17.2. The third kappa shape index (κ3) is 5.13. The minimum Gasteiger partial charge on any atom is -0.508 e. The average Bonchev–Trinajstić information content (AvgIpc) is 3.08. The fraction of sp³-hybridized carbons (Fsp3) is 0.400. The Morgan fingerprint density at radius 2 is 0.959 bits per heavy atom. The van der Waals surface area contributed by atoms with Crippen LogP contribution in [0.1, 0.15) is 104 Å². The zero-order chi connectivity index (χ0) is 34.5. The number of hydrogen-bond acceptors (Lipinski definition) is 9. The van der Waals surface area contributed by atoms with Crippen LogP contribution in [-0.4, -0.2) is 45.4 Å². The first-order valence-corrected chi connectivity index (χ1v) is 17.2. The highest BCUT2D eigenvalue weighted by molar-refractivity contribution is 6.11. The van der Waals surface area contributed by atoms with Gasteiger partial charge in [-0.1, -0.05) is 73.6 Å². The van der Waals surface area contributed by atoms with E-state index in [0.717, 1.165) is 75.9 Å². The number of nitrogens with zero attached hydrogens (tertiary/aromatic N) is 8. The molecule has 1 N–H and O–H groups in total. The lowest BCUT2D eigenvalue weighted by Gasteiger charge is -2.39. The van der Waals surface area contributed by atoms with E-state index < -0.39 is 0 Å². The van der Waals surface area contributed by atoms with Gasteiger partial charge in [0.05, 0.1) is 33.8 Å². The summed E-state index contributed by atoms with van der Waals surface area (Å²) in [7, 11) is 0. The van der Waals surface area contributed by atoms with Gasteiger partial charge < -0.3 is 5.11 Å². The number of phenolic OH excluding ortho intramolecular Hbond substituents is 1. The van der Waals surface area contributed by atoms with Gasteiger partial charge in [0.25, 0.3) is 0 Å². The summed E-state index contributed by atoms with van der Waals surface area (Å²) in [5, 5.41) is 30.6. The van der Waals surface area contributed by atoms with Crippen LogP contribution in [-0.2, 0) is 21.7 Å². The lowest BCUT2D eigenvalue weighted by molar-refractivity contribution is 0.311. The Hall–Kier alpha value is -4.92. The zero-order valence-electron chi connectivity index (χ0n) is 29.5. The predicted octanol–water partition coefficient (Wildman–Crippen LogP) is 8.56. The van der Waals surface area contributed by atoms with E-state index >= 15 is 0 Å². The van der Waals surface area contributed by atoms with Crippen molar-refractivity contribution in [2.24, 2.45) is 0 Å². The van der Waals surface area contributed by atoms with Crippen LogP contribution in [0.5, 0.6) is 5.75 Å². The van der Waals surface area contributed by atoms with Gasteiger partial charge in [0.2, 0.25) is 11.6 Å². The minimum absolute atomic E-state index is 0.0834. The summed E-state index contributed by atoms with van der Waals surface area (Å²) >= 11 is 0. The van der Waals surface area contributed by atoms with Crippen molar-refractivity contribution in [1.82, 2.24) is 40.3 Å². The summed E-state index contributed by atoms with van der Waals surface area (Å²) in [5.74, 6) is 1.22. The van der Waals surface area contributed by atoms with E-state index in [1.165, 1.54) is 0 Å². The molecular weight excluding hydrogens is 608 g/mol. The normalized spacial score (nSPS) is 18.6. The highest BCUT2D eigenvalue weighted by Crippen LogP contribution is 2.45. The Bertz CT molecular complexity index is 2310. The summed E-state index contributed by atoms with van der Waals surface area (Å²) in [6.07, 6.45) is 4.13. The maximum atomic E-state index is 10.0. The molecule has 0 radical (unpaired) electrons. The second kappa shape index (κ2) is 10.5. The van der Waals surface area contributed by atoms with Crippen molar-refractivity contribution >= 4 is 21.8 Å². The van der Waals surface area contributed by atoms with E-state index in [2.05, 4.69) is 83.8 Å². The molecule has 2 aliphatic carbocycles. The standard InChI is InChI=1S/C40H42N8O/c1-37(2)17-19-39(5,6)33-31(37)43-35(47-45-33)27-15-11-23-21-26(22-9-12-24(49)13-10-22)25-14-16-28(42-30(25)29(23)41-27)36-44-32-34(46-48-36)40(7,8)20-18-38(32,3)4/h9-16,21,49H,17-20H2,1-8H3. The van der Waals surface area contributed by atoms with Crippen LogP contribution >= 0.6 is 0 Å². The molecule has 4 aromatic heterocycles. The van der Waals surface area contributed by atoms with Gasteiger partial charge in [0.1, 0.15) is 17.1 Å². The van der Waals surface area contributed by atoms with Gasteiger partial charge in [0.15, 0.2) is 0 Å². The first-order chi connectivity index (χ1) is 23.1. The minimum atomic E-state index is -0.117. The van der Waals surface area contributed by atoms with Gasteiger partial charge in [-0.3, -0.25) is 0 Å². The van der Waals surface area contributed by atoms with Crippen LogP contribution in [0.3, 0.4) is 0 Å². The Morgan fingerprint density at radius 3 is 1.49 bits per heavy atom. The Balaban J connectivity index is 1.34. The maximum absolute atomic E-state index is 10.0. The number of aromatic hydroxyl groups is 1. The largest absolute Gasteiger partial charge is 0.508 e. The summed E-state index contributed by atoms with van der Waals surface area (Å²) in [6.45, 7) is 17.8. The second-order valence-electron chi connectivity index (χ2n) is 16.5. The van der Waals surface area contributed by atoms with Crippen LogP contribution < -0.4 is 0 Å². The fourth-order valence-corrected chi connectivity index (χ4v) is 7.44. The molecule has 2 aromatic carbocycles. The predicted molar refractivity (Wildman–Crippen MR) is 192 cm³/mol. The van der Waals surface area contributed by atoms with E-state index in [0.29, 0.717) is 28.6 Å². The van der Waals surface area contributed by atoms with Gasteiger partial charge >= 0.3 is 0 Å². The molecule has 0 aliphatic heterocycles. The Morgan fingerprint density at radius 1 is 0.490 bits per heavy atom. The van der Waals surface area contributed by atoms with Crippen molar-refractivity contribution < 1.29 is 5.11 Å². The summed E-state index contributed by atoms with van der Waals surface area (Å²) in [4.78, 5) is 20.6. The van der Waals surface area contributed by atoms with E-state index in [4.69, 9.17) is 30.1 Å². The molecule has 9 nitrogen and oxygen atoms in total. The number of fused-ring (bicyclic) bond motifs is 5. The molecule has 0 spiro atoms. The molecule has 2 aliphatic rings. The first kappa shape index (κ1) is 31.4. The van der Waals surface area contributed by atoms with Gasteiger partial charge in [-0.2, -0.15) is 10.2 Å². The molecule has 9 heteroatoms. The molecule has 49 heavy (non-hydrogen) atoms. The molecule has 0 bridgehead atoms. The molecule has 0 saturated carbocycles. The van der Waals surface area contributed by atoms with Crippen LogP contribution in [0.2, 0.25) is 0 Å². The van der Waals surface area contributed by atoms with E-state index in [-0.39, 0.29) is 27.4 Å². The number of rotatable bonds is 3. The lowest BCUT2D eigenvalue weighted by Crippen LogP contribution is -2.36. The lowest BCUT2D eigenvalue weighted by atomic mass is 9.67. The highest BCUT2D eigenvalue weighted by Gasteiger charge is 2.41. The number of hydrogen-bond donors (Lipinski definition) is 1. The molecule has 0 amide bonds. The van der Waals surface area contributed by atoms with Crippen molar-refractivity contribution in [3.8, 4) is 39.9 Å². The van der Waals surface area contributed by atoms with E-state index in [9.17, 15) is 5.11 Å². The smallest absolute Gasteiger partial charge is 0.200 e. The summed E-state index contributed by atoms with van der Waals surface area (Å²) in [5.41, 5.74) is 8.18. The topological polar surface area (TPSA) is 123 Å². The SMILES string of the molecule is CC1(C)CCC(C)(C)c2nc(-c3ccc4cc(-c5ccc(O)cc5)c5ccc(-c6nnc7c(n6)C(C)(C)CCC7(C)C)nc5c4n3)nnc21. The number of benzene rings is 2. The molecule has 0 atom stereocenters. The van der Waals surface area contributed by atoms with Gasteiger partial charge in [0, 0.05) is 32.4 Å². The summed E-state index contributed by atoms with van der Waals surface area (Å²) < 4.78 is 0. The molecule has 248 valence electrons. The van der Waals surface area contributed by atoms with Crippen molar-refractivity contribution in [2.45, 2.75) is 103 Å². The third-order valence-electron chi connectivity index (χ3n) is 11.0. The van der Waals surface area contributed by atoms with Crippen LogP contribution in [0.25, 0.3) is 56.0 Å². The quantitative estimate of drug-likeness (QED) is 0.188. The third-order valence-corrected chi connectivity index (χ3v) is 11.0. The monoisotopic (exact) mass is 650 g/mol. The number of pyridine rings is 2. The van der Waals surface area contributed by atoms with E-state index in [1.807, 2.05) is 24.3 Å². The van der Waals surface area contributed by atoms with Gasteiger partial charge in [-0.25, -0.2) is 19.9 Å². The molecule has 0 saturated heterocycles. The summed E-state index contributed by atoms with van der Waals surface area (Å²) in [6, 6.07) is 17.4. The second-order valence-corrected chi connectivity index (χ2v) is 16.5. The Kier molecular flexibility index (Phi) is 6.74. The molecular formula is C40H42N8O. The molecule has 6 aromatic rings. The van der Waals surface area contributed by atoms with Crippen molar-refractivity contribution in [3.05, 3.63) is 77.4 Å². The van der Waals surface area contributed by atoms with Gasteiger partial charge in [-0.05, 0) is 73.2 Å². The Labute approximate surface area is 286 Å². The van der Waals surface area contributed by atoms with Crippen LogP contribution in [0, 0.1) is 0 Å². The zero-order valence-corrected chi connectivity index (χ0v) is 29.5. The average molecular weight is 651 g/mol. The van der Waals surface area contributed by atoms with Crippen molar-refractivity contribution in [2.75, 3.05) is 0 Å². The number of phenols is 1. The maximum Gasteiger partial charge on any atom is 0.200 e. The number of aromatic nitrogens is 8. The molecule has 0 fully saturated rings. The molecule has 0 unspecified atom stereocenters. The van der Waals surface area contributed by atoms with Crippen LogP contribution in [0.15, 0.2) is 54.6 Å². The van der Waals surface area contributed by atoms with Crippen molar-refractivity contribution in [3.63, 3.8) is 0 Å². The highest BCUT2D eigenvalue weighted by atomic mass is 16.3. The molecule has 8 rings (SSSR count). The van der Waals surface area contributed by atoms with Crippen molar-refractivity contribution in [1.29, 1.82) is 0 Å². The fourth-order valence-electron chi connectivity index (χ4n) is 7.44. The van der Waals surface area contributed by atoms with Gasteiger partial charge in [-0.15, -0.1) is 10.2 Å². The van der Waals surface area contributed by atoms with Crippen LogP contribution in [0.4, 0.5) is 0 Å². The molecule has 4 heterocycles.